The first kappa shape index (κ1) is 15.2. The van der Waals surface area contributed by atoms with Crippen molar-refractivity contribution >= 4 is 11.9 Å². The first-order valence-corrected chi connectivity index (χ1v) is 7.42. The van der Waals surface area contributed by atoms with Crippen LogP contribution in [0.1, 0.15) is 16.7 Å². The molecule has 1 unspecified atom stereocenters. The average molecular weight is 311 g/mol. The quantitative estimate of drug-likeness (QED) is 0.666. The maximum Gasteiger partial charge on any atom is 0.343 e. The highest BCUT2D eigenvalue weighted by Gasteiger charge is 2.52. The minimum absolute atomic E-state index is 0.0402. The van der Waals surface area contributed by atoms with E-state index >= 15 is 0 Å². The Kier molecular flexibility index (Phi) is 4.12. The van der Waals surface area contributed by atoms with Crippen LogP contribution in [0, 0.1) is 0 Å². The van der Waals surface area contributed by atoms with Crippen LogP contribution in [0.2, 0.25) is 0 Å². The summed E-state index contributed by atoms with van der Waals surface area (Å²) in [4.78, 5) is 24.6. The number of nitrogens with one attached hydrogen (secondary N) is 1. The van der Waals surface area contributed by atoms with Crippen molar-refractivity contribution in [1.29, 1.82) is 0 Å². The number of aliphatic carboxylic acids is 1. The number of rotatable bonds is 4. The molecule has 0 amide bonds. The van der Waals surface area contributed by atoms with Crippen LogP contribution in [-0.4, -0.2) is 23.6 Å². The highest BCUT2D eigenvalue weighted by Crippen LogP contribution is 2.30. The Morgan fingerprint density at radius 3 is 2.52 bits per heavy atom. The smallest absolute Gasteiger partial charge is 0.343 e. The second kappa shape index (κ2) is 6.22. The lowest BCUT2D eigenvalue weighted by Crippen LogP contribution is -2.59. The van der Waals surface area contributed by atoms with Gasteiger partial charge in [-0.15, -0.1) is 0 Å². The molecule has 2 aromatic carbocycles. The summed E-state index contributed by atoms with van der Waals surface area (Å²) in [6.07, 6.45) is 0.678. The van der Waals surface area contributed by atoms with Crippen molar-refractivity contribution in [3.8, 4) is 0 Å². The summed E-state index contributed by atoms with van der Waals surface area (Å²) < 4.78 is 5.31. The molecule has 0 saturated heterocycles. The summed E-state index contributed by atoms with van der Waals surface area (Å²) in [5.41, 5.74) is 0.275. The monoisotopic (exact) mass is 311 g/mol. The summed E-state index contributed by atoms with van der Waals surface area (Å²) in [5, 5.41) is 12.6. The lowest BCUT2D eigenvalue weighted by molar-refractivity contribution is -0.165. The second-order valence-electron chi connectivity index (χ2n) is 5.45. The van der Waals surface area contributed by atoms with Crippen LogP contribution >= 0.6 is 0 Å². The molecule has 0 aromatic heterocycles. The maximum absolute atomic E-state index is 12.6. The summed E-state index contributed by atoms with van der Waals surface area (Å²) >= 11 is 0. The third-order valence-corrected chi connectivity index (χ3v) is 4.05. The van der Waals surface area contributed by atoms with Gasteiger partial charge in [-0.25, -0.2) is 9.59 Å². The van der Waals surface area contributed by atoms with E-state index in [-0.39, 0.29) is 6.61 Å². The molecule has 0 saturated carbocycles. The van der Waals surface area contributed by atoms with Gasteiger partial charge in [0, 0.05) is 6.54 Å². The van der Waals surface area contributed by atoms with E-state index in [4.69, 9.17) is 4.74 Å². The molecule has 23 heavy (non-hydrogen) atoms. The first-order valence-electron chi connectivity index (χ1n) is 7.42. The van der Waals surface area contributed by atoms with Gasteiger partial charge >= 0.3 is 11.9 Å². The number of ether oxygens (including phenoxy) is 1. The molecule has 5 nitrogen and oxygen atoms in total. The SMILES string of the molecule is O=C(O)C1(C(=O)OCc2ccccc2)NCCc2ccccc21. The fraction of sp³-hybridized carbons (Fsp3) is 0.222. The highest BCUT2D eigenvalue weighted by atomic mass is 16.5. The minimum Gasteiger partial charge on any atom is -0.479 e. The standard InChI is InChI=1S/C18H17NO4/c20-16(21)18(15-9-5-4-8-14(15)10-11-19-18)17(22)23-12-13-6-2-1-3-7-13/h1-9,19H,10-12H2,(H,20,21). The zero-order valence-corrected chi connectivity index (χ0v) is 12.5. The summed E-state index contributed by atoms with van der Waals surface area (Å²) in [5.74, 6) is -2.04. The lowest BCUT2D eigenvalue weighted by atomic mass is 9.82. The molecule has 5 heteroatoms. The van der Waals surface area contributed by atoms with Crippen molar-refractivity contribution in [3.05, 3.63) is 71.3 Å². The molecule has 0 spiro atoms. The molecule has 1 heterocycles. The van der Waals surface area contributed by atoms with Crippen molar-refractivity contribution in [2.75, 3.05) is 6.54 Å². The second-order valence-corrected chi connectivity index (χ2v) is 5.45. The van der Waals surface area contributed by atoms with E-state index < -0.39 is 17.5 Å². The zero-order valence-electron chi connectivity index (χ0n) is 12.5. The average Bonchev–Trinajstić information content (AvgIpc) is 2.59. The van der Waals surface area contributed by atoms with Gasteiger partial charge in [0.1, 0.15) is 6.61 Å². The van der Waals surface area contributed by atoms with Crippen LogP contribution in [0.3, 0.4) is 0 Å². The number of esters is 1. The Morgan fingerprint density at radius 1 is 1.09 bits per heavy atom. The van der Waals surface area contributed by atoms with Crippen molar-refractivity contribution in [3.63, 3.8) is 0 Å². The molecule has 0 bridgehead atoms. The van der Waals surface area contributed by atoms with Crippen LogP contribution in [0.5, 0.6) is 0 Å². The van der Waals surface area contributed by atoms with E-state index in [0.29, 0.717) is 18.5 Å². The Morgan fingerprint density at radius 2 is 1.78 bits per heavy atom. The molecule has 0 fully saturated rings. The topological polar surface area (TPSA) is 75.6 Å². The number of hydrogen-bond acceptors (Lipinski definition) is 4. The van der Waals surface area contributed by atoms with Crippen molar-refractivity contribution < 1.29 is 19.4 Å². The normalized spacial score (nSPS) is 19.7. The van der Waals surface area contributed by atoms with Gasteiger partial charge in [0.05, 0.1) is 0 Å². The molecule has 1 atom stereocenters. The van der Waals surface area contributed by atoms with E-state index in [9.17, 15) is 14.7 Å². The Bertz CT molecular complexity index is 729. The Balaban J connectivity index is 1.90. The molecule has 1 aliphatic rings. The fourth-order valence-corrected chi connectivity index (χ4v) is 2.88. The maximum atomic E-state index is 12.6. The molecule has 2 N–H and O–H groups in total. The number of hydrogen-bond donors (Lipinski definition) is 2. The van der Waals surface area contributed by atoms with Gasteiger partial charge < -0.3 is 9.84 Å². The van der Waals surface area contributed by atoms with Gasteiger partial charge in [-0.3, -0.25) is 5.32 Å². The predicted octanol–water partition coefficient (Wildman–Crippen LogP) is 1.86. The third-order valence-electron chi connectivity index (χ3n) is 4.05. The van der Waals surface area contributed by atoms with Crippen molar-refractivity contribution in [2.45, 2.75) is 18.6 Å². The molecule has 1 aliphatic heterocycles. The van der Waals surface area contributed by atoms with E-state index in [1.165, 1.54) is 0 Å². The van der Waals surface area contributed by atoms with Crippen LogP contribution in [0.4, 0.5) is 0 Å². The zero-order chi connectivity index (χ0) is 16.3. The molecule has 0 aliphatic carbocycles. The van der Waals surface area contributed by atoms with Crippen molar-refractivity contribution in [1.82, 2.24) is 5.32 Å². The molecular weight excluding hydrogens is 294 g/mol. The van der Waals surface area contributed by atoms with Crippen LogP contribution in [-0.2, 0) is 32.9 Å². The predicted molar refractivity (Wildman–Crippen MR) is 83.7 cm³/mol. The first-order chi connectivity index (χ1) is 11.1. The highest BCUT2D eigenvalue weighted by molar-refractivity contribution is 6.05. The van der Waals surface area contributed by atoms with Gasteiger partial charge in [0.15, 0.2) is 0 Å². The summed E-state index contributed by atoms with van der Waals surface area (Å²) in [7, 11) is 0. The van der Waals surface area contributed by atoms with Crippen LogP contribution < -0.4 is 5.32 Å². The molecular formula is C18H17NO4. The van der Waals surface area contributed by atoms with Crippen molar-refractivity contribution in [2.24, 2.45) is 0 Å². The van der Waals surface area contributed by atoms with Gasteiger partial charge in [0.2, 0.25) is 5.54 Å². The van der Waals surface area contributed by atoms with Gasteiger partial charge in [-0.1, -0.05) is 54.6 Å². The number of carbonyl (C=O) groups excluding carboxylic acids is 1. The number of carboxylic acid groups (broad SMARTS) is 1. The molecule has 2 aromatic rings. The Labute approximate surface area is 133 Å². The Hall–Kier alpha value is -2.66. The number of benzene rings is 2. The number of carboxylic acids is 1. The molecule has 3 rings (SSSR count). The largest absolute Gasteiger partial charge is 0.479 e. The molecule has 118 valence electrons. The van der Waals surface area contributed by atoms with E-state index in [1.54, 1.807) is 12.1 Å². The van der Waals surface area contributed by atoms with E-state index in [2.05, 4.69) is 5.32 Å². The number of carbonyl (C=O) groups is 2. The van der Waals surface area contributed by atoms with Gasteiger partial charge in [0.25, 0.3) is 0 Å². The molecule has 0 radical (unpaired) electrons. The van der Waals surface area contributed by atoms with E-state index in [1.807, 2.05) is 42.5 Å². The van der Waals surface area contributed by atoms with Crippen LogP contribution in [0.25, 0.3) is 0 Å². The number of fused-ring (bicyclic) bond motifs is 1. The summed E-state index contributed by atoms with van der Waals surface area (Å²) in [6, 6.07) is 16.3. The van der Waals surface area contributed by atoms with E-state index in [0.717, 1.165) is 11.1 Å². The van der Waals surface area contributed by atoms with Gasteiger partial charge in [-0.05, 0) is 23.1 Å². The summed E-state index contributed by atoms with van der Waals surface area (Å²) in [6.45, 7) is 0.447. The minimum atomic E-state index is -1.84. The van der Waals surface area contributed by atoms with Gasteiger partial charge in [-0.2, -0.15) is 0 Å². The lowest BCUT2D eigenvalue weighted by Gasteiger charge is -2.34. The van der Waals surface area contributed by atoms with Crippen LogP contribution in [0.15, 0.2) is 54.6 Å². The third kappa shape index (κ3) is 2.71. The fourth-order valence-electron chi connectivity index (χ4n) is 2.88.